The molecule has 0 aromatic heterocycles. The number of carbonyl (C=O) groups excluding carboxylic acids is 2. The predicted octanol–water partition coefficient (Wildman–Crippen LogP) is 2.97. The highest BCUT2D eigenvalue weighted by Crippen LogP contribution is 2.33. The predicted molar refractivity (Wildman–Crippen MR) is 86.4 cm³/mol. The number of carbonyl (C=O) groups is 2. The van der Waals surface area contributed by atoms with Crippen LogP contribution in [0.2, 0.25) is 0 Å². The van der Waals surface area contributed by atoms with Gasteiger partial charge in [-0.2, -0.15) is 0 Å². The summed E-state index contributed by atoms with van der Waals surface area (Å²) in [5.41, 5.74) is 0.373. The van der Waals surface area contributed by atoms with Crippen LogP contribution in [0.25, 0.3) is 0 Å². The van der Waals surface area contributed by atoms with Gasteiger partial charge >= 0.3 is 0 Å². The summed E-state index contributed by atoms with van der Waals surface area (Å²) in [5, 5.41) is 0. The van der Waals surface area contributed by atoms with Crippen LogP contribution >= 0.6 is 0 Å². The molecule has 0 spiro atoms. The summed E-state index contributed by atoms with van der Waals surface area (Å²) in [7, 11) is 0. The number of nitrogens with zero attached hydrogens (tertiary/aromatic N) is 2. The maximum atomic E-state index is 13.4. The molecule has 1 aromatic carbocycles. The first-order chi connectivity index (χ1) is 11.5. The van der Waals surface area contributed by atoms with Gasteiger partial charge in [-0.05, 0) is 44.7 Å². The molecule has 1 saturated carbocycles. The van der Waals surface area contributed by atoms with Crippen LogP contribution in [0.3, 0.4) is 0 Å². The molecule has 0 radical (unpaired) electrons. The van der Waals surface area contributed by atoms with Gasteiger partial charge in [-0.3, -0.25) is 9.59 Å². The van der Waals surface area contributed by atoms with E-state index in [2.05, 4.69) is 0 Å². The Hall–Kier alpha value is -1.98. The summed E-state index contributed by atoms with van der Waals surface area (Å²) in [4.78, 5) is 28.2. The van der Waals surface area contributed by atoms with Crippen LogP contribution in [0, 0.1) is 23.5 Å². The number of hydrogen-bond donors (Lipinski definition) is 0. The van der Waals surface area contributed by atoms with Gasteiger partial charge in [-0.1, -0.05) is 0 Å². The van der Waals surface area contributed by atoms with Crippen LogP contribution in [-0.2, 0) is 9.59 Å². The summed E-state index contributed by atoms with van der Waals surface area (Å²) in [6, 6.07) is 3.52. The minimum absolute atomic E-state index is 0.0815. The zero-order valence-electron chi connectivity index (χ0n) is 13.8. The van der Waals surface area contributed by atoms with Gasteiger partial charge in [0, 0.05) is 43.2 Å². The van der Waals surface area contributed by atoms with Crippen molar-refractivity contribution >= 4 is 17.5 Å². The minimum Gasteiger partial charge on any atom is -0.342 e. The largest absolute Gasteiger partial charge is 0.342 e. The summed E-state index contributed by atoms with van der Waals surface area (Å²) in [6.45, 7) is 3.40. The molecule has 0 N–H and O–H groups in total. The van der Waals surface area contributed by atoms with Crippen LogP contribution in [-0.4, -0.2) is 36.3 Å². The lowest BCUT2D eigenvalue weighted by Gasteiger charge is -2.34. The van der Waals surface area contributed by atoms with Gasteiger partial charge in [0.25, 0.3) is 0 Å². The second kappa shape index (κ2) is 6.87. The number of rotatable bonds is 4. The third-order valence-corrected chi connectivity index (χ3v) is 4.88. The van der Waals surface area contributed by atoms with Crippen molar-refractivity contribution in [2.24, 2.45) is 11.8 Å². The second-order valence-electron chi connectivity index (χ2n) is 6.55. The molecule has 1 heterocycles. The van der Waals surface area contributed by atoms with E-state index in [9.17, 15) is 18.4 Å². The van der Waals surface area contributed by atoms with Crippen molar-refractivity contribution in [3.63, 3.8) is 0 Å². The number of hydrogen-bond acceptors (Lipinski definition) is 2. The molecule has 1 aliphatic carbocycles. The normalized spacial score (nSPS) is 18.5. The Balaban J connectivity index is 1.64. The molecular weight excluding hydrogens is 314 g/mol. The van der Waals surface area contributed by atoms with Crippen molar-refractivity contribution in [3.05, 3.63) is 29.8 Å². The number of anilines is 1. The van der Waals surface area contributed by atoms with Gasteiger partial charge < -0.3 is 9.80 Å². The van der Waals surface area contributed by atoms with Crippen molar-refractivity contribution in [1.29, 1.82) is 0 Å². The summed E-state index contributed by atoms with van der Waals surface area (Å²) < 4.78 is 26.5. The molecule has 3 rings (SSSR count). The van der Waals surface area contributed by atoms with E-state index >= 15 is 0 Å². The molecule has 2 amide bonds. The van der Waals surface area contributed by atoms with Crippen molar-refractivity contribution in [2.45, 2.75) is 32.6 Å². The summed E-state index contributed by atoms with van der Waals surface area (Å²) in [6.07, 6.45) is 3.21. The van der Waals surface area contributed by atoms with E-state index in [0.29, 0.717) is 38.2 Å². The highest BCUT2D eigenvalue weighted by Gasteiger charge is 2.36. The SMILES string of the molecule is CCN(C(=O)C1CCN(C(=O)C2CC2)CC1)c1ccc(F)c(F)c1. The highest BCUT2D eigenvalue weighted by atomic mass is 19.2. The fraction of sp³-hybridized carbons (Fsp3) is 0.556. The van der Waals surface area contributed by atoms with Crippen LogP contribution in [0.5, 0.6) is 0 Å². The van der Waals surface area contributed by atoms with E-state index in [1.54, 1.807) is 0 Å². The molecule has 4 nitrogen and oxygen atoms in total. The minimum atomic E-state index is -0.955. The number of benzene rings is 1. The van der Waals surface area contributed by atoms with Gasteiger partial charge in [0.05, 0.1) is 0 Å². The van der Waals surface area contributed by atoms with Gasteiger partial charge in [0.2, 0.25) is 11.8 Å². The third-order valence-electron chi connectivity index (χ3n) is 4.88. The fourth-order valence-electron chi connectivity index (χ4n) is 3.27. The first-order valence-electron chi connectivity index (χ1n) is 8.56. The Bertz CT molecular complexity index is 638. The number of piperidine rings is 1. The number of likely N-dealkylation sites (tertiary alicyclic amines) is 1. The Morgan fingerprint density at radius 3 is 2.29 bits per heavy atom. The number of amides is 2. The maximum absolute atomic E-state index is 13.4. The topological polar surface area (TPSA) is 40.6 Å². The fourth-order valence-corrected chi connectivity index (χ4v) is 3.27. The molecule has 2 aliphatic rings. The van der Waals surface area contributed by atoms with Gasteiger partial charge in [0.1, 0.15) is 0 Å². The van der Waals surface area contributed by atoms with Gasteiger partial charge in [-0.25, -0.2) is 8.78 Å². The molecule has 2 fully saturated rings. The lowest BCUT2D eigenvalue weighted by atomic mass is 9.94. The molecular formula is C18H22F2N2O2. The second-order valence-corrected chi connectivity index (χ2v) is 6.55. The molecule has 24 heavy (non-hydrogen) atoms. The first-order valence-corrected chi connectivity index (χ1v) is 8.56. The monoisotopic (exact) mass is 336 g/mol. The maximum Gasteiger partial charge on any atom is 0.230 e. The molecule has 1 saturated heterocycles. The van der Waals surface area contributed by atoms with E-state index in [1.807, 2.05) is 11.8 Å². The van der Waals surface area contributed by atoms with Crippen molar-refractivity contribution in [3.8, 4) is 0 Å². The van der Waals surface area contributed by atoms with Crippen LogP contribution in [0.1, 0.15) is 32.6 Å². The highest BCUT2D eigenvalue weighted by molar-refractivity contribution is 5.95. The Morgan fingerprint density at radius 2 is 1.75 bits per heavy atom. The van der Waals surface area contributed by atoms with Gasteiger partial charge in [-0.15, -0.1) is 0 Å². The third kappa shape index (κ3) is 3.42. The lowest BCUT2D eigenvalue weighted by Crippen LogP contribution is -2.45. The van der Waals surface area contributed by atoms with Crippen LogP contribution in [0.4, 0.5) is 14.5 Å². The van der Waals surface area contributed by atoms with E-state index in [-0.39, 0.29) is 23.7 Å². The smallest absolute Gasteiger partial charge is 0.230 e. The summed E-state index contributed by atoms with van der Waals surface area (Å²) >= 11 is 0. The van der Waals surface area contributed by atoms with E-state index in [1.165, 1.54) is 11.0 Å². The molecule has 130 valence electrons. The van der Waals surface area contributed by atoms with Crippen LogP contribution in [0.15, 0.2) is 18.2 Å². The Kier molecular flexibility index (Phi) is 4.83. The average Bonchev–Trinajstić information content (AvgIpc) is 3.43. The van der Waals surface area contributed by atoms with Crippen LogP contribution < -0.4 is 4.90 Å². The molecule has 6 heteroatoms. The van der Waals surface area contributed by atoms with E-state index in [0.717, 1.165) is 25.0 Å². The molecule has 0 unspecified atom stereocenters. The molecule has 0 bridgehead atoms. The standard InChI is InChI=1S/C18H22F2N2O2/c1-2-22(14-5-6-15(19)16(20)11-14)18(24)13-7-9-21(10-8-13)17(23)12-3-4-12/h5-6,11-13H,2-4,7-10H2,1H3. The Labute approximate surface area is 140 Å². The van der Waals surface area contributed by atoms with E-state index < -0.39 is 11.6 Å². The average molecular weight is 336 g/mol. The quantitative estimate of drug-likeness (QED) is 0.848. The first kappa shape index (κ1) is 16.9. The van der Waals surface area contributed by atoms with Crippen molar-refractivity contribution < 1.29 is 18.4 Å². The Morgan fingerprint density at radius 1 is 1.08 bits per heavy atom. The zero-order chi connectivity index (χ0) is 17.3. The zero-order valence-corrected chi connectivity index (χ0v) is 13.8. The molecule has 0 atom stereocenters. The molecule has 1 aromatic rings. The lowest BCUT2D eigenvalue weighted by molar-refractivity contribution is -0.136. The van der Waals surface area contributed by atoms with Gasteiger partial charge in [0.15, 0.2) is 11.6 Å². The van der Waals surface area contributed by atoms with Crippen molar-refractivity contribution in [2.75, 3.05) is 24.5 Å². The number of halogens is 2. The van der Waals surface area contributed by atoms with E-state index in [4.69, 9.17) is 0 Å². The summed E-state index contributed by atoms with van der Waals surface area (Å²) in [5.74, 6) is -1.72. The molecule has 1 aliphatic heterocycles. The van der Waals surface area contributed by atoms with Crippen molar-refractivity contribution in [1.82, 2.24) is 4.90 Å².